The number of carbonyl (C=O) groups excluding carboxylic acids is 2. The van der Waals surface area contributed by atoms with Crippen molar-refractivity contribution in [1.29, 1.82) is 0 Å². The summed E-state index contributed by atoms with van der Waals surface area (Å²) < 4.78 is 10.5. The number of methoxy groups -OCH3 is 1. The highest BCUT2D eigenvalue weighted by molar-refractivity contribution is 6.05. The lowest BCUT2D eigenvalue weighted by molar-refractivity contribution is -0.124. The molecule has 6 heteroatoms. The van der Waals surface area contributed by atoms with Crippen LogP contribution in [0, 0.1) is 0 Å². The van der Waals surface area contributed by atoms with E-state index in [4.69, 9.17) is 14.5 Å². The normalized spacial score (nSPS) is 10.8. The maximum atomic E-state index is 12.8. The van der Waals surface area contributed by atoms with Crippen LogP contribution >= 0.6 is 0 Å². The molecule has 4 rings (SSSR count). The van der Waals surface area contributed by atoms with E-state index in [1.165, 1.54) is 0 Å². The van der Waals surface area contributed by atoms with Crippen LogP contribution in [0.5, 0.6) is 5.75 Å². The Morgan fingerprint density at radius 3 is 2.55 bits per heavy atom. The van der Waals surface area contributed by atoms with E-state index < -0.39 is 5.97 Å². The highest BCUT2D eigenvalue weighted by Crippen LogP contribution is 2.29. The molecule has 0 unspecified atom stereocenters. The molecule has 1 aromatic heterocycles. The quantitative estimate of drug-likeness (QED) is 0.475. The Morgan fingerprint density at radius 1 is 0.968 bits per heavy atom. The van der Waals surface area contributed by atoms with Gasteiger partial charge < -0.3 is 14.8 Å². The number of carbonyl (C=O) groups is 2. The van der Waals surface area contributed by atoms with Crippen LogP contribution < -0.4 is 10.1 Å². The summed E-state index contributed by atoms with van der Waals surface area (Å²) >= 11 is 0. The fraction of sp³-hybridized carbons (Fsp3) is 0.160. The number of nitrogens with zero attached hydrogens (tertiary/aromatic N) is 1. The lowest BCUT2D eigenvalue weighted by Crippen LogP contribution is -2.28. The molecule has 31 heavy (non-hydrogen) atoms. The van der Waals surface area contributed by atoms with Gasteiger partial charge in [0.15, 0.2) is 6.61 Å². The molecule has 3 aromatic carbocycles. The van der Waals surface area contributed by atoms with Gasteiger partial charge >= 0.3 is 5.97 Å². The average molecular weight is 414 g/mol. The van der Waals surface area contributed by atoms with Crippen molar-refractivity contribution in [1.82, 2.24) is 10.3 Å². The number of likely N-dealkylation sites (N-methyl/N-ethyl adjacent to an activating group) is 1. The minimum Gasteiger partial charge on any atom is -0.497 e. The smallest absolute Gasteiger partial charge is 0.339 e. The number of nitrogens with one attached hydrogen (secondary N) is 1. The van der Waals surface area contributed by atoms with Gasteiger partial charge in [-0.3, -0.25) is 4.79 Å². The van der Waals surface area contributed by atoms with Gasteiger partial charge in [0, 0.05) is 17.5 Å². The Morgan fingerprint density at radius 2 is 1.74 bits per heavy atom. The minimum absolute atomic E-state index is 0.323. The first-order chi connectivity index (χ1) is 15.1. The zero-order chi connectivity index (χ0) is 21.8. The van der Waals surface area contributed by atoms with Crippen LogP contribution in [0.1, 0.15) is 17.3 Å². The van der Waals surface area contributed by atoms with E-state index in [1.807, 2.05) is 67.6 Å². The highest BCUT2D eigenvalue weighted by atomic mass is 16.5. The second-order valence-corrected chi connectivity index (χ2v) is 7.03. The third-order valence-corrected chi connectivity index (χ3v) is 4.99. The number of para-hydroxylation sites is 1. The maximum Gasteiger partial charge on any atom is 0.339 e. The number of hydrogen-bond donors (Lipinski definition) is 1. The number of amides is 1. The summed E-state index contributed by atoms with van der Waals surface area (Å²) in [6, 6.07) is 20.9. The van der Waals surface area contributed by atoms with Gasteiger partial charge in [0.2, 0.25) is 0 Å². The second-order valence-electron chi connectivity index (χ2n) is 7.03. The van der Waals surface area contributed by atoms with Crippen molar-refractivity contribution in [2.45, 2.75) is 6.92 Å². The summed E-state index contributed by atoms with van der Waals surface area (Å²) in [5.74, 6) is -0.0998. The van der Waals surface area contributed by atoms with Crippen LogP contribution in [0.15, 0.2) is 66.7 Å². The van der Waals surface area contributed by atoms with E-state index in [-0.39, 0.29) is 12.5 Å². The Balaban J connectivity index is 1.74. The first-order valence-electron chi connectivity index (χ1n) is 10.0. The summed E-state index contributed by atoms with van der Waals surface area (Å²) in [5, 5.41) is 5.38. The van der Waals surface area contributed by atoms with Crippen LogP contribution in [0.25, 0.3) is 32.9 Å². The van der Waals surface area contributed by atoms with E-state index in [9.17, 15) is 9.59 Å². The standard InChI is InChI=1S/C25H22N2O4/c1-3-26-24(28)15-31-25(29)21-14-23(27-22-7-5-4-6-20(21)22)18-9-8-17-13-19(30-2)11-10-16(17)12-18/h4-14H,3,15H2,1-2H3,(H,26,28). The molecule has 1 N–H and O–H groups in total. The molecule has 0 radical (unpaired) electrons. The van der Waals surface area contributed by atoms with Crippen LogP contribution in [0.4, 0.5) is 0 Å². The Labute approximate surface area is 179 Å². The van der Waals surface area contributed by atoms with Gasteiger partial charge in [-0.15, -0.1) is 0 Å². The first-order valence-corrected chi connectivity index (χ1v) is 10.0. The van der Waals surface area contributed by atoms with Gasteiger partial charge in [0.25, 0.3) is 5.91 Å². The molecule has 0 bridgehead atoms. The molecule has 0 atom stereocenters. The van der Waals surface area contributed by atoms with Crippen LogP contribution in [0.2, 0.25) is 0 Å². The minimum atomic E-state index is -0.559. The van der Waals surface area contributed by atoms with Crippen molar-refractivity contribution in [2.24, 2.45) is 0 Å². The Hall–Kier alpha value is -3.93. The van der Waals surface area contributed by atoms with E-state index >= 15 is 0 Å². The average Bonchev–Trinajstić information content (AvgIpc) is 2.81. The lowest BCUT2D eigenvalue weighted by atomic mass is 10.0. The van der Waals surface area contributed by atoms with Crippen molar-refractivity contribution < 1.29 is 19.1 Å². The van der Waals surface area contributed by atoms with E-state index in [0.717, 1.165) is 22.1 Å². The zero-order valence-corrected chi connectivity index (χ0v) is 17.3. The topological polar surface area (TPSA) is 77.5 Å². The number of benzene rings is 3. The molecule has 0 aliphatic carbocycles. The molecule has 0 aliphatic heterocycles. The highest BCUT2D eigenvalue weighted by Gasteiger charge is 2.16. The third kappa shape index (κ3) is 4.33. The summed E-state index contributed by atoms with van der Waals surface area (Å²) in [4.78, 5) is 29.2. The predicted octanol–water partition coefficient (Wildman–Crippen LogP) is 4.36. The zero-order valence-electron chi connectivity index (χ0n) is 17.3. The summed E-state index contributed by atoms with van der Waals surface area (Å²) in [6.45, 7) is 1.96. The molecule has 0 spiro atoms. The lowest BCUT2D eigenvalue weighted by Gasteiger charge is -2.11. The van der Waals surface area contributed by atoms with E-state index in [0.29, 0.717) is 28.7 Å². The van der Waals surface area contributed by atoms with Crippen LogP contribution in [0.3, 0.4) is 0 Å². The Bertz CT molecular complexity index is 1280. The number of aromatic nitrogens is 1. The number of fused-ring (bicyclic) bond motifs is 2. The van der Waals surface area contributed by atoms with E-state index in [2.05, 4.69) is 5.32 Å². The fourth-order valence-electron chi connectivity index (χ4n) is 3.46. The molecule has 1 amide bonds. The van der Waals surface area contributed by atoms with Gasteiger partial charge in [-0.05, 0) is 48.0 Å². The van der Waals surface area contributed by atoms with Crippen molar-refractivity contribution in [2.75, 3.05) is 20.3 Å². The first kappa shape index (κ1) is 20.3. The summed E-state index contributed by atoms with van der Waals surface area (Å²) in [6.07, 6.45) is 0. The molecular formula is C25H22N2O4. The number of ether oxygens (including phenoxy) is 2. The van der Waals surface area contributed by atoms with Gasteiger partial charge in [-0.25, -0.2) is 9.78 Å². The van der Waals surface area contributed by atoms with Crippen molar-refractivity contribution >= 4 is 33.6 Å². The second kappa shape index (κ2) is 8.83. The molecule has 0 fully saturated rings. The largest absolute Gasteiger partial charge is 0.497 e. The molecule has 6 nitrogen and oxygen atoms in total. The van der Waals surface area contributed by atoms with Gasteiger partial charge in [-0.1, -0.05) is 36.4 Å². The summed E-state index contributed by atoms with van der Waals surface area (Å²) in [5.41, 5.74) is 2.59. The fourth-order valence-corrected chi connectivity index (χ4v) is 3.46. The molecule has 0 saturated heterocycles. The monoisotopic (exact) mass is 414 g/mol. The van der Waals surface area contributed by atoms with Crippen LogP contribution in [-0.4, -0.2) is 37.1 Å². The molecule has 0 saturated carbocycles. The number of rotatable bonds is 6. The van der Waals surface area contributed by atoms with Gasteiger partial charge in [0.05, 0.1) is 23.9 Å². The van der Waals surface area contributed by atoms with Crippen LogP contribution in [-0.2, 0) is 9.53 Å². The maximum absolute atomic E-state index is 12.8. The van der Waals surface area contributed by atoms with Gasteiger partial charge in [0.1, 0.15) is 5.75 Å². The predicted molar refractivity (Wildman–Crippen MR) is 120 cm³/mol. The molecule has 0 aliphatic rings. The van der Waals surface area contributed by atoms with Gasteiger partial charge in [-0.2, -0.15) is 0 Å². The molecular weight excluding hydrogens is 392 g/mol. The number of hydrogen-bond acceptors (Lipinski definition) is 5. The molecule has 156 valence electrons. The van der Waals surface area contributed by atoms with Crippen molar-refractivity contribution in [3.63, 3.8) is 0 Å². The van der Waals surface area contributed by atoms with Crippen molar-refractivity contribution in [3.05, 3.63) is 72.3 Å². The van der Waals surface area contributed by atoms with Crippen molar-refractivity contribution in [3.8, 4) is 17.0 Å². The third-order valence-electron chi connectivity index (χ3n) is 4.99. The Kier molecular flexibility index (Phi) is 5.80. The number of pyridine rings is 1. The molecule has 1 heterocycles. The van der Waals surface area contributed by atoms with E-state index in [1.54, 1.807) is 13.2 Å². The molecule has 4 aromatic rings. The summed E-state index contributed by atoms with van der Waals surface area (Å²) in [7, 11) is 1.64. The number of esters is 1. The SMILES string of the molecule is CCNC(=O)COC(=O)c1cc(-c2ccc3cc(OC)ccc3c2)nc2ccccc12.